The Kier molecular flexibility index (Phi) is 9.90. The molecule has 36 heavy (non-hydrogen) atoms. The Morgan fingerprint density at radius 2 is 1.25 bits per heavy atom. The lowest BCUT2D eigenvalue weighted by Gasteiger charge is -2.44. The zero-order chi connectivity index (χ0) is 25.2. The van der Waals surface area contributed by atoms with Gasteiger partial charge in [-0.05, 0) is 16.7 Å². The van der Waals surface area contributed by atoms with Crippen molar-refractivity contribution in [3.8, 4) is 0 Å². The second-order valence-corrected chi connectivity index (χ2v) is 9.27. The number of hydrogen-bond donors (Lipinski definition) is 1. The van der Waals surface area contributed by atoms with Gasteiger partial charge in [0.2, 0.25) is 5.91 Å². The van der Waals surface area contributed by atoms with E-state index < -0.39 is 29.9 Å². The number of halogens is 1. The van der Waals surface area contributed by atoms with Crippen LogP contribution >= 0.6 is 11.6 Å². The van der Waals surface area contributed by atoms with Gasteiger partial charge in [-0.2, -0.15) is 0 Å². The first-order valence-corrected chi connectivity index (χ1v) is 12.5. The topological polar surface area (TPSA) is 66.0 Å². The van der Waals surface area contributed by atoms with Gasteiger partial charge < -0.3 is 24.3 Å². The van der Waals surface area contributed by atoms with Gasteiger partial charge in [-0.15, -0.1) is 11.6 Å². The largest absolute Gasteiger partial charge is 0.374 e. The summed E-state index contributed by atoms with van der Waals surface area (Å²) in [5, 5.41) is 2.14. The molecule has 1 N–H and O–H groups in total. The van der Waals surface area contributed by atoms with Crippen LogP contribution in [0.4, 0.5) is 0 Å². The van der Waals surface area contributed by atoms with Crippen LogP contribution in [0, 0.1) is 0 Å². The Bertz CT molecular complexity index is 1050. The summed E-state index contributed by atoms with van der Waals surface area (Å²) in [4.78, 5) is 11.9. The van der Waals surface area contributed by atoms with Crippen LogP contribution in [0.25, 0.3) is 0 Å². The lowest BCUT2D eigenvalue weighted by atomic mass is 9.99. The molecule has 3 aromatic carbocycles. The fourth-order valence-corrected chi connectivity index (χ4v) is 4.48. The van der Waals surface area contributed by atoms with Crippen LogP contribution in [0.3, 0.4) is 0 Å². The maximum atomic E-state index is 11.9. The van der Waals surface area contributed by atoms with Crippen LogP contribution in [0.2, 0.25) is 0 Å². The Morgan fingerprint density at radius 3 is 1.75 bits per heavy atom. The zero-order valence-corrected chi connectivity index (χ0v) is 21.1. The van der Waals surface area contributed by atoms with Crippen LogP contribution in [-0.2, 0) is 43.6 Å². The standard InChI is InChI=1S/C29H32ClNO5/c1-21(32)31-29-26(30)28(35-19-24-15-9-4-10-16-24)27(34-18-23-13-7-3-8-14-23)25(36-29)20-33-17-22-11-5-2-6-12-22/h2-16,25-29H,17-20H2,1H3,(H,31,32)/t25-,26-,27-,28-,29+/m1/s1. The first kappa shape index (κ1) is 26.3. The van der Waals surface area contributed by atoms with E-state index in [2.05, 4.69) is 5.32 Å². The van der Waals surface area contributed by atoms with Gasteiger partial charge in [-0.3, -0.25) is 4.79 Å². The van der Waals surface area contributed by atoms with E-state index in [9.17, 15) is 4.79 Å². The molecule has 0 unspecified atom stereocenters. The van der Waals surface area contributed by atoms with Crippen LogP contribution < -0.4 is 5.32 Å². The Balaban J connectivity index is 1.52. The van der Waals surface area contributed by atoms with Gasteiger partial charge in [0, 0.05) is 6.92 Å². The Morgan fingerprint density at radius 1 is 0.778 bits per heavy atom. The van der Waals surface area contributed by atoms with Crippen LogP contribution in [0.5, 0.6) is 0 Å². The molecule has 5 atom stereocenters. The van der Waals surface area contributed by atoms with Gasteiger partial charge in [0.25, 0.3) is 0 Å². The highest BCUT2D eigenvalue weighted by atomic mass is 35.5. The van der Waals surface area contributed by atoms with E-state index in [-0.39, 0.29) is 12.5 Å². The summed E-state index contributed by atoms with van der Waals surface area (Å²) in [5.41, 5.74) is 3.10. The third kappa shape index (κ3) is 7.63. The molecule has 3 aromatic rings. The minimum absolute atomic E-state index is 0.236. The first-order valence-electron chi connectivity index (χ1n) is 12.1. The molecule has 0 aliphatic carbocycles. The van der Waals surface area contributed by atoms with E-state index in [1.165, 1.54) is 6.92 Å². The van der Waals surface area contributed by atoms with Crippen molar-refractivity contribution in [2.45, 2.75) is 56.7 Å². The molecule has 0 radical (unpaired) electrons. The Hall–Kier alpha value is -2.74. The monoisotopic (exact) mass is 509 g/mol. The summed E-state index contributed by atoms with van der Waals surface area (Å²) >= 11 is 6.85. The van der Waals surface area contributed by atoms with Crippen molar-refractivity contribution in [3.05, 3.63) is 108 Å². The van der Waals surface area contributed by atoms with E-state index >= 15 is 0 Å². The van der Waals surface area contributed by atoms with Crippen LogP contribution in [-0.4, -0.2) is 42.4 Å². The molecular formula is C29H32ClNO5. The van der Waals surface area contributed by atoms with Gasteiger partial charge in [0.15, 0.2) is 0 Å². The second kappa shape index (κ2) is 13.5. The predicted octanol–water partition coefficient (Wildman–Crippen LogP) is 4.84. The number of alkyl halides is 1. The lowest BCUT2D eigenvalue weighted by molar-refractivity contribution is -0.223. The summed E-state index contributed by atoms with van der Waals surface area (Å²) in [6.07, 6.45) is -2.32. The summed E-state index contributed by atoms with van der Waals surface area (Å²) in [5.74, 6) is -0.236. The van der Waals surface area contributed by atoms with Crippen LogP contribution in [0.1, 0.15) is 23.6 Å². The van der Waals surface area contributed by atoms with E-state index in [0.29, 0.717) is 19.8 Å². The third-order valence-electron chi connectivity index (χ3n) is 5.92. The van der Waals surface area contributed by atoms with Crippen molar-refractivity contribution < 1.29 is 23.7 Å². The van der Waals surface area contributed by atoms with Gasteiger partial charge in [0.1, 0.15) is 29.9 Å². The quantitative estimate of drug-likeness (QED) is 0.375. The zero-order valence-electron chi connectivity index (χ0n) is 20.3. The maximum Gasteiger partial charge on any atom is 0.218 e. The second-order valence-electron chi connectivity index (χ2n) is 8.76. The fraction of sp³-hybridized carbons (Fsp3) is 0.345. The molecule has 1 fully saturated rings. The molecule has 0 aromatic heterocycles. The van der Waals surface area contributed by atoms with Crippen molar-refractivity contribution in [2.75, 3.05) is 6.61 Å². The number of carbonyl (C=O) groups excluding carboxylic acids is 1. The van der Waals surface area contributed by atoms with Gasteiger partial charge >= 0.3 is 0 Å². The van der Waals surface area contributed by atoms with E-state index in [1.54, 1.807) is 0 Å². The highest BCUT2D eigenvalue weighted by Gasteiger charge is 2.47. The molecule has 4 rings (SSSR count). The smallest absolute Gasteiger partial charge is 0.218 e. The SMILES string of the molecule is CC(=O)N[C@H]1O[C@H](COCc2ccccc2)[C@@H](OCc2ccccc2)[C@H](OCc2ccccc2)[C@H]1Cl. The normalized spacial score (nSPS) is 23.8. The molecule has 7 heteroatoms. The number of benzene rings is 3. The maximum absolute atomic E-state index is 11.9. The van der Waals surface area contributed by atoms with Crippen molar-refractivity contribution in [1.29, 1.82) is 0 Å². The summed E-state index contributed by atoms with van der Waals surface area (Å²) in [6.45, 7) is 2.83. The molecule has 190 valence electrons. The number of hydrogen-bond acceptors (Lipinski definition) is 5. The fourth-order valence-electron chi connectivity index (χ4n) is 4.14. The van der Waals surface area contributed by atoms with E-state index in [0.717, 1.165) is 16.7 Å². The molecule has 0 spiro atoms. The molecule has 1 aliphatic heterocycles. The molecular weight excluding hydrogens is 478 g/mol. The predicted molar refractivity (Wildman–Crippen MR) is 138 cm³/mol. The highest BCUT2D eigenvalue weighted by molar-refractivity contribution is 6.21. The van der Waals surface area contributed by atoms with Crippen molar-refractivity contribution in [2.24, 2.45) is 0 Å². The first-order chi connectivity index (χ1) is 17.6. The highest BCUT2D eigenvalue weighted by Crippen LogP contribution is 2.30. The van der Waals surface area contributed by atoms with E-state index in [4.69, 9.17) is 30.5 Å². The average molecular weight is 510 g/mol. The molecule has 0 saturated carbocycles. The molecule has 0 bridgehead atoms. The summed E-state index contributed by atoms with van der Waals surface area (Å²) in [6, 6.07) is 29.7. The van der Waals surface area contributed by atoms with Crippen LogP contribution in [0.15, 0.2) is 91.0 Å². The van der Waals surface area contributed by atoms with Gasteiger partial charge in [-0.1, -0.05) is 91.0 Å². The number of amides is 1. The molecule has 1 saturated heterocycles. The number of carbonyl (C=O) groups is 1. The minimum atomic E-state index is -0.744. The summed E-state index contributed by atoms with van der Waals surface area (Å²) < 4.78 is 25.0. The lowest BCUT2D eigenvalue weighted by Crippen LogP contribution is -2.62. The van der Waals surface area contributed by atoms with Crippen molar-refractivity contribution >= 4 is 17.5 Å². The van der Waals surface area contributed by atoms with Gasteiger partial charge in [-0.25, -0.2) is 0 Å². The van der Waals surface area contributed by atoms with Crippen molar-refractivity contribution in [3.63, 3.8) is 0 Å². The van der Waals surface area contributed by atoms with Gasteiger partial charge in [0.05, 0.1) is 26.4 Å². The molecule has 6 nitrogen and oxygen atoms in total. The number of ether oxygens (including phenoxy) is 4. The Labute approximate surface area is 217 Å². The third-order valence-corrected chi connectivity index (χ3v) is 6.40. The van der Waals surface area contributed by atoms with E-state index in [1.807, 2.05) is 91.0 Å². The summed E-state index contributed by atoms with van der Waals surface area (Å²) in [7, 11) is 0. The molecule has 1 heterocycles. The number of rotatable bonds is 11. The molecule has 1 aliphatic rings. The van der Waals surface area contributed by atoms with Crippen molar-refractivity contribution in [1.82, 2.24) is 5.32 Å². The average Bonchev–Trinajstić information content (AvgIpc) is 2.90. The minimum Gasteiger partial charge on any atom is -0.374 e. The number of nitrogens with one attached hydrogen (secondary N) is 1. The molecule has 1 amide bonds.